The molecular weight excluding hydrogens is 372 g/mol. The van der Waals surface area contributed by atoms with Crippen molar-refractivity contribution in [3.05, 3.63) is 80.0 Å². The Morgan fingerprint density at radius 1 is 1.10 bits per heavy atom. The Hall–Kier alpha value is -3.94. The number of H-pyrrole nitrogens is 2. The zero-order valence-electron chi connectivity index (χ0n) is 15.8. The van der Waals surface area contributed by atoms with Crippen LogP contribution in [0.3, 0.4) is 0 Å². The average Bonchev–Trinajstić information content (AvgIpc) is 3.09. The predicted molar refractivity (Wildman–Crippen MR) is 108 cm³/mol. The van der Waals surface area contributed by atoms with Crippen LogP contribution in [0.15, 0.2) is 52.2 Å². The molecule has 0 unspecified atom stereocenters. The van der Waals surface area contributed by atoms with Crippen LogP contribution in [-0.2, 0) is 6.54 Å². The fraction of sp³-hybridized carbons (Fsp3) is 0.143. The minimum Gasteiger partial charge on any atom is -0.508 e. The molecular formula is C21H18N4O4. The number of phenols is 1. The van der Waals surface area contributed by atoms with E-state index in [9.17, 15) is 19.5 Å². The number of pyridine rings is 2. The van der Waals surface area contributed by atoms with Gasteiger partial charge in [0.05, 0.1) is 16.6 Å². The van der Waals surface area contributed by atoms with E-state index in [1.54, 1.807) is 28.8 Å². The van der Waals surface area contributed by atoms with Crippen LogP contribution >= 0.6 is 0 Å². The summed E-state index contributed by atoms with van der Waals surface area (Å²) in [4.78, 5) is 43.1. The van der Waals surface area contributed by atoms with Crippen molar-refractivity contribution in [2.45, 2.75) is 20.4 Å². The van der Waals surface area contributed by atoms with Crippen molar-refractivity contribution < 1.29 is 9.90 Å². The van der Waals surface area contributed by atoms with Crippen LogP contribution in [0.25, 0.3) is 22.3 Å². The smallest absolute Gasteiger partial charge is 0.275 e. The normalized spacial score (nSPS) is 11.1. The summed E-state index contributed by atoms with van der Waals surface area (Å²) < 4.78 is 1.72. The van der Waals surface area contributed by atoms with Gasteiger partial charge in [-0.15, -0.1) is 0 Å². The maximum absolute atomic E-state index is 13.3. The fourth-order valence-electron chi connectivity index (χ4n) is 3.32. The number of ketones is 1. The molecule has 29 heavy (non-hydrogen) atoms. The number of aromatic amines is 2. The van der Waals surface area contributed by atoms with Crippen molar-refractivity contribution >= 4 is 16.8 Å². The third kappa shape index (κ3) is 3.04. The Morgan fingerprint density at radius 3 is 2.52 bits per heavy atom. The molecule has 0 spiro atoms. The molecule has 8 heteroatoms. The quantitative estimate of drug-likeness (QED) is 0.462. The van der Waals surface area contributed by atoms with Gasteiger partial charge in [0.25, 0.3) is 5.56 Å². The topological polar surface area (TPSA) is 121 Å². The summed E-state index contributed by atoms with van der Waals surface area (Å²) in [5.74, 6) is -0.618. The minimum absolute atomic E-state index is 0.0580. The first-order chi connectivity index (χ1) is 13.9. The largest absolute Gasteiger partial charge is 0.508 e. The number of benzene rings is 1. The van der Waals surface area contributed by atoms with Crippen LogP contribution in [0.1, 0.15) is 28.5 Å². The highest BCUT2D eigenvalue weighted by Crippen LogP contribution is 2.23. The molecule has 0 atom stereocenters. The number of nitrogens with zero attached hydrogens (tertiary/aromatic N) is 2. The van der Waals surface area contributed by atoms with E-state index in [0.29, 0.717) is 23.1 Å². The van der Waals surface area contributed by atoms with Gasteiger partial charge in [0.2, 0.25) is 11.2 Å². The third-order valence-corrected chi connectivity index (χ3v) is 4.81. The van der Waals surface area contributed by atoms with Crippen molar-refractivity contribution in [1.82, 2.24) is 19.7 Å². The summed E-state index contributed by atoms with van der Waals surface area (Å²) in [6.07, 6.45) is 1.45. The van der Waals surface area contributed by atoms with Crippen molar-refractivity contribution in [1.29, 1.82) is 0 Å². The Balaban J connectivity index is 1.94. The highest BCUT2D eigenvalue weighted by Gasteiger charge is 2.24. The minimum atomic E-state index is -0.676. The Morgan fingerprint density at radius 2 is 1.83 bits per heavy atom. The van der Waals surface area contributed by atoms with Gasteiger partial charge in [-0.1, -0.05) is 0 Å². The van der Waals surface area contributed by atoms with Crippen LogP contribution in [0.5, 0.6) is 5.75 Å². The van der Waals surface area contributed by atoms with Gasteiger partial charge in [0, 0.05) is 24.0 Å². The number of carbonyl (C=O) groups is 1. The molecule has 3 N–H and O–H groups in total. The molecule has 3 aromatic heterocycles. The lowest BCUT2D eigenvalue weighted by molar-refractivity contribution is 0.103. The van der Waals surface area contributed by atoms with E-state index in [1.807, 2.05) is 13.8 Å². The number of aryl methyl sites for hydroxylation is 2. The van der Waals surface area contributed by atoms with E-state index in [1.165, 1.54) is 18.3 Å². The summed E-state index contributed by atoms with van der Waals surface area (Å²) in [6.45, 7) is 4.21. The van der Waals surface area contributed by atoms with Crippen LogP contribution in [0, 0.1) is 6.92 Å². The second-order valence-corrected chi connectivity index (χ2v) is 6.69. The predicted octanol–water partition coefficient (Wildman–Crippen LogP) is 2.34. The molecule has 0 amide bonds. The van der Waals surface area contributed by atoms with Gasteiger partial charge in [-0.3, -0.25) is 24.6 Å². The zero-order chi connectivity index (χ0) is 20.7. The van der Waals surface area contributed by atoms with Crippen molar-refractivity contribution in [3.8, 4) is 17.0 Å². The summed E-state index contributed by atoms with van der Waals surface area (Å²) in [5.41, 5.74) is 0.681. The maximum Gasteiger partial charge on any atom is 0.275 e. The SMILES string of the molecule is CCn1cc(C(=O)c2c(-c3ccc(O)cc3)[nH][nH]c2=O)c(=O)c2ccc(C)nc21. The van der Waals surface area contributed by atoms with Crippen LogP contribution in [-0.4, -0.2) is 30.6 Å². The van der Waals surface area contributed by atoms with E-state index in [4.69, 9.17) is 0 Å². The summed E-state index contributed by atoms with van der Waals surface area (Å²) in [7, 11) is 0. The lowest BCUT2D eigenvalue weighted by Crippen LogP contribution is -2.23. The van der Waals surface area contributed by atoms with E-state index in [0.717, 1.165) is 5.69 Å². The summed E-state index contributed by atoms with van der Waals surface area (Å²) in [5, 5.41) is 14.9. The second-order valence-electron chi connectivity index (χ2n) is 6.69. The first-order valence-corrected chi connectivity index (χ1v) is 9.06. The second kappa shape index (κ2) is 6.90. The number of hydrogen-bond acceptors (Lipinski definition) is 5. The van der Waals surface area contributed by atoms with Gasteiger partial charge >= 0.3 is 0 Å². The number of fused-ring (bicyclic) bond motifs is 1. The highest BCUT2D eigenvalue weighted by molar-refractivity contribution is 6.13. The van der Waals surface area contributed by atoms with E-state index in [-0.39, 0.29) is 22.6 Å². The monoisotopic (exact) mass is 390 g/mol. The average molecular weight is 390 g/mol. The molecule has 0 aliphatic carbocycles. The number of nitrogens with one attached hydrogen (secondary N) is 2. The lowest BCUT2D eigenvalue weighted by Gasteiger charge is -2.11. The molecule has 4 aromatic rings. The Kier molecular flexibility index (Phi) is 4.38. The Labute approximate surface area is 164 Å². The number of rotatable bonds is 4. The fourth-order valence-corrected chi connectivity index (χ4v) is 3.32. The van der Waals surface area contributed by atoms with Gasteiger partial charge in [0.1, 0.15) is 17.0 Å². The Bertz CT molecular complexity index is 1360. The number of aromatic hydroxyl groups is 1. The van der Waals surface area contributed by atoms with Gasteiger partial charge in [-0.2, -0.15) is 0 Å². The molecule has 0 saturated heterocycles. The molecule has 3 heterocycles. The standard InChI is InChI=1S/C21H18N4O4/c1-3-25-10-15(18(27)14-9-4-11(2)22-20(14)25)19(28)16-17(23-24-21(16)29)12-5-7-13(26)8-6-12/h4-10,26H,3H2,1-2H3,(H2,23,24,29). The zero-order valence-corrected chi connectivity index (χ0v) is 15.8. The van der Waals surface area contributed by atoms with E-state index >= 15 is 0 Å². The van der Waals surface area contributed by atoms with Crippen LogP contribution in [0.4, 0.5) is 0 Å². The number of aromatic nitrogens is 4. The first kappa shape index (κ1) is 18.4. The molecule has 146 valence electrons. The van der Waals surface area contributed by atoms with Crippen LogP contribution < -0.4 is 11.0 Å². The van der Waals surface area contributed by atoms with Crippen molar-refractivity contribution in [2.75, 3.05) is 0 Å². The van der Waals surface area contributed by atoms with Gasteiger partial charge in [0.15, 0.2) is 0 Å². The maximum atomic E-state index is 13.3. The first-order valence-electron chi connectivity index (χ1n) is 9.06. The third-order valence-electron chi connectivity index (χ3n) is 4.81. The molecule has 0 saturated carbocycles. The molecule has 0 bridgehead atoms. The molecule has 0 aliphatic rings. The molecule has 1 aromatic carbocycles. The lowest BCUT2D eigenvalue weighted by atomic mass is 10.00. The van der Waals surface area contributed by atoms with Crippen molar-refractivity contribution in [3.63, 3.8) is 0 Å². The number of carbonyl (C=O) groups excluding carboxylic acids is 1. The molecule has 4 rings (SSSR count). The van der Waals surface area contributed by atoms with Crippen LogP contribution in [0.2, 0.25) is 0 Å². The van der Waals surface area contributed by atoms with Gasteiger partial charge in [-0.25, -0.2) is 4.98 Å². The van der Waals surface area contributed by atoms with Crippen molar-refractivity contribution in [2.24, 2.45) is 0 Å². The van der Waals surface area contributed by atoms with Gasteiger partial charge < -0.3 is 9.67 Å². The molecule has 8 nitrogen and oxygen atoms in total. The highest BCUT2D eigenvalue weighted by atomic mass is 16.3. The van der Waals surface area contributed by atoms with E-state index < -0.39 is 16.8 Å². The van der Waals surface area contributed by atoms with E-state index in [2.05, 4.69) is 15.2 Å². The molecule has 0 aliphatic heterocycles. The number of hydrogen-bond donors (Lipinski definition) is 3. The summed E-state index contributed by atoms with van der Waals surface area (Å²) >= 11 is 0. The molecule has 0 fully saturated rings. The van der Waals surface area contributed by atoms with Gasteiger partial charge in [-0.05, 0) is 50.2 Å². The molecule has 0 radical (unpaired) electrons. The summed E-state index contributed by atoms with van der Waals surface area (Å²) in [6, 6.07) is 9.39. The number of phenolic OH excluding ortho intramolecular Hbond substituents is 1.